The molecule has 0 saturated carbocycles. The van der Waals surface area contributed by atoms with E-state index in [-0.39, 0.29) is 36.6 Å². The van der Waals surface area contributed by atoms with Gasteiger partial charge in [0.1, 0.15) is 5.82 Å². The Morgan fingerprint density at radius 1 is 0.969 bits per heavy atom. The second-order valence-corrected chi connectivity index (χ2v) is 8.03. The average molecular weight is 454 g/mol. The number of halogens is 1. The van der Waals surface area contributed by atoms with Crippen LogP contribution in [0.3, 0.4) is 0 Å². The van der Waals surface area contributed by atoms with Gasteiger partial charge in [-0.2, -0.15) is 0 Å². The van der Waals surface area contributed by atoms with Gasteiger partial charge in [0, 0.05) is 20.1 Å². The van der Waals surface area contributed by atoms with Crippen LogP contribution in [0.2, 0.25) is 0 Å². The van der Waals surface area contributed by atoms with E-state index in [2.05, 4.69) is 5.32 Å². The number of benzene rings is 2. The largest absolute Gasteiger partial charge is 0.350 e. The van der Waals surface area contributed by atoms with Gasteiger partial charge in [0.2, 0.25) is 5.91 Å². The number of hydrogen-bond acceptors (Lipinski definition) is 4. The second kappa shape index (κ2) is 10.7. The first-order chi connectivity index (χ1) is 15.4. The van der Waals surface area contributed by atoms with Crippen molar-refractivity contribution >= 4 is 34.7 Å². The van der Waals surface area contributed by atoms with Crippen LogP contribution in [-0.4, -0.2) is 42.8 Å². The fourth-order valence-electron chi connectivity index (χ4n) is 3.15. The first-order valence-corrected chi connectivity index (χ1v) is 11.0. The fourth-order valence-corrected chi connectivity index (χ4v) is 3.85. The molecule has 32 heavy (non-hydrogen) atoms. The Balaban J connectivity index is 1.70. The highest BCUT2D eigenvalue weighted by Crippen LogP contribution is 2.24. The van der Waals surface area contributed by atoms with Gasteiger partial charge in [-0.1, -0.05) is 30.3 Å². The zero-order valence-electron chi connectivity index (χ0n) is 17.9. The van der Waals surface area contributed by atoms with Gasteiger partial charge in [-0.3, -0.25) is 14.4 Å². The van der Waals surface area contributed by atoms with Crippen LogP contribution in [0.25, 0.3) is 0 Å². The quantitative estimate of drug-likeness (QED) is 0.562. The molecule has 0 bridgehead atoms. The molecule has 6 nitrogen and oxygen atoms in total. The molecule has 3 amide bonds. The molecule has 1 heterocycles. The Hall–Kier alpha value is -3.52. The van der Waals surface area contributed by atoms with Crippen LogP contribution in [0.15, 0.2) is 66.0 Å². The SMILES string of the molecule is CCN(CC(=O)NCc1ccc(F)cc1)C(=O)c1ccccc1N(C)C(=O)c1cccs1. The number of nitrogens with one attached hydrogen (secondary N) is 1. The Bertz CT molecular complexity index is 1080. The van der Waals surface area contributed by atoms with Gasteiger partial charge in [-0.25, -0.2) is 4.39 Å². The van der Waals surface area contributed by atoms with Crippen molar-refractivity contribution in [3.8, 4) is 0 Å². The van der Waals surface area contributed by atoms with E-state index in [1.165, 1.54) is 33.3 Å². The molecule has 2 aromatic carbocycles. The molecule has 1 aromatic heterocycles. The molecule has 0 fully saturated rings. The number of likely N-dealkylation sites (N-methyl/N-ethyl adjacent to an activating group) is 1. The zero-order valence-corrected chi connectivity index (χ0v) is 18.7. The number of hydrogen-bond donors (Lipinski definition) is 1. The maximum absolute atomic E-state index is 13.2. The van der Waals surface area contributed by atoms with E-state index in [9.17, 15) is 18.8 Å². The summed E-state index contributed by atoms with van der Waals surface area (Å²) in [5.41, 5.74) is 1.57. The van der Waals surface area contributed by atoms with Gasteiger partial charge >= 0.3 is 0 Å². The first kappa shape index (κ1) is 23.1. The number of carbonyl (C=O) groups excluding carboxylic acids is 3. The van der Waals surface area contributed by atoms with Crippen molar-refractivity contribution in [2.45, 2.75) is 13.5 Å². The van der Waals surface area contributed by atoms with E-state index >= 15 is 0 Å². The van der Waals surface area contributed by atoms with Crippen LogP contribution in [0, 0.1) is 5.82 Å². The van der Waals surface area contributed by atoms with Crippen LogP contribution in [0.5, 0.6) is 0 Å². The summed E-state index contributed by atoms with van der Waals surface area (Å²) in [6.07, 6.45) is 0. The third-order valence-corrected chi connectivity index (χ3v) is 5.80. The van der Waals surface area contributed by atoms with Gasteiger partial charge in [-0.05, 0) is 48.2 Å². The van der Waals surface area contributed by atoms with Crippen LogP contribution in [0.4, 0.5) is 10.1 Å². The van der Waals surface area contributed by atoms with Gasteiger partial charge in [0.05, 0.1) is 22.7 Å². The van der Waals surface area contributed by atoms with Crippen molar-refractivity contribution in [3.63, 3.8) is 0 Å². The second-order valence-electron chi connectivity index (χ2n) is 7.08. The maximum atomic E-state index is 13.2. The number of carbonyl (C=O) groups is 3. The van der Waals surface area contributed by atoms with Crippen molar-refractivity contribution in [1.29, 1.82) is 0 Å². The molecule has 0 atom stereocenters. The average Bonchev–Trinajstić information content (AvgIpc) is 3.36. The van der Waals surface area contributed by atoms with Crippen molar-refractivity contribution in [2.75, 3.05) is 25.0 Å². The smallest absolute Gasteiger partial charge is 0.268 e. The number of thiophene rings is 1. The summed E-state index contributed by atoms with van der Waals surface area (Å²) in [4.78, 5) is 41.9. The van der Waals surface area contributed by atoms with E-state index in [4.69, 9.17) is 0 Å². The molecule has 0 spiro atoms. The van der Waals surface area contributed by atoms with Crippen LogP contribution in [-0.2, 0) is 11.3 Å². The molecular weight excluding hydrogens is 429 g/mol. The molecule has 166 valence electrons. The Labute approximate surface area is 190 Å². The minimum Gasteiger partial charge on any atom is -0.350 e. The number of rotatable bonds is 8. The molecule has 1 N–H and O–H groups in total. The molecule has 0 radical (unpaired) electrons. The topological polar surface area (TPSA) is 69.7 Å². The minimum absolute atomic E-state index is 0.132. The summed E-state index contributed by atoms with van der Waals surface area (Å²) in [7, 11) is 1.62. The molecule has 0 unspecified atom stereocenters. The van der Waals surface area contributed by atoms with Crippen LogP contribution >= 0.6 is 11.3 Å². The molecule has 3 aromatic rings. The summed E-state index contributed by atoms with van der Waals surface area (Å²) in [6, 6.07) is 16.2. The van der Waals surface area contributed by atoms with Crippen molar-refractivity contribution < 1.29 is 18.8 Å². The molecule has 0 saturated heterocycles. The highest BCUT2D eigenvalue weighted by molar-refractivity contribution is 7.12. The third kappa shape index (κ3) is 5.59. The monoisotopic (exact) mass is 453 g/mol. The Morgan fingerprint density at radius 2 is 1.69 bits per heavy atom. The summed E-state index contributed by atoms with van der Waals surface area (Å²) in [6.45, 7) is 2.21. The predicted octanol–water partition coefficient (Wildman–Crippen LogP) is 3.94. The molecule has 0 aliphatic heterocycles. The number of amides is 3. The van der Waals surface area contributed by atoms with Gasteiger partial charge in [0.25, 0.3) is 11.8 Å². The van der Waals surface area contributed by atoms with E-state index in [0.29, 0.717) is 22.7 Å². The van der Waals surface area contributed by atoms with Crippen LogP contribution in [0.1, 0.15) is 32.5 Å². The zero-order chi connectivity index (χ0) is 23.1. The molecule has 3 rings (SSSR count). The van der Waals surface area contributed by atoms with E-state index in [1.54, 1.807) is 62.5 Å². The number of para-hydroxylation sites is 1. The predicted molar refractivity (Wildman–Crippen MR) is 123 cm³/mol. The van der Waals surface area contributed by atoms with Gasteiger partial charge in [0.15, 0.2) is 0 Å². The van der Waals surface area contributed by atoms with E-state index in [0.717, 1.165) is 5.56 Å². The summed E-state index contributed by atoms with van der Waals surface area (Å²) in [5, 5.41) is 4.57. The molecule has 0 aliphatic carbocycles. The highest BCUT2D eigenvalue weighted by atomic mass is 32.1. The standard InChI is InChI=1S/C24H24FN3O3S/c1-3-28(16-22(29)26-15-17-10-12-18(25)13-11-17)23(30)19-7-4-5-8-20(19)27(2)24(31)21-9-6-14-32-21/h4-14H,3,15-16H2,1-2H3,(H,26,29). The Morgan fingerprint density at radius 3 is 2.34 bits per heavy atom. The number of nitrogens with zero attached hydrogens (tertiary/aromatic N) is 2. The summed E-state index contributed by atoms with van der Waals surface area (Å²) < 4.78 is 13.0. The maximum Gasteiger partial charge on any atom is 0.268 e. The summed E-state index contributed by atoms with van der Waals surface area (Å²) >= 11 is 1.33. The van der Waals surface area contributed by atoms with E-state index in [1.807, 2.05) is 5.38 Å². The Kier molecular flexibility index (Phi) is 7.72. The molecule has 0 aliphatic rings. The number of anilines is 1. The van der Waals surface area contributed by atoms with Gasteiger partial charge < -0.3 is 15.1 Å². The lowest BCUT2D eigenvalue weighted by atomic mass is 10.1. The summed E-state index contributed by atoms with van der Waals surface area (Å²) in [5.74, 6) is -1.22. The third-order valence-electron chi connectivity index (χ3n) is 4.94. The normalized spacial score (nSPS) is 10.5. The van der Waals surface area contributed by atoms with Crippen molar-refractivity contribution in [1.82, 2.24) is 10.2 Å². The lowest BCUT2D eigenvalue weighted by Crippen LogP contribution is -2.41. The fraction of sp³-hybridized carbons (Fsp3) is 0.208. The van der Waals surface area contributed by atoms with Crippen molar-refractivity contribution in [3.05, 3.63) is 87.9 Å². The van der Waals surface area contributed by atoms with Crippen molar-refractivity contribution in [2.24, 2.45) is 0 Å². The lowest BCUT2D eigenvalue weighted by Gasteiger charge is -2.24. The lowest BCUT2D eigenvalue weighted by molar-refractivity contribution is -0.121. The van der Waals surface area contributed by atoms with E-state index < -0.39 is 0 Å². The molecular formula is C24H24FN3O3S. The molecule has 8 heteroatoms. The minimum atomic E-state index is -0.343. The first-order valence-electron chi connectivity index (χ1n) is 10.1. The van der Waals surface area contributed by atoms with Gasteiger partial charge in [-0.15, -0.1) is 11.3 Å². The highest BCUT2D eigenvalue weighted by Gasteiger charge is 2.24. The van der Waals surface area contributed by atoms with Crippen LogP contribution < -0.4 is 10.2 Å².